The van der Waals surface area contributed by atoms with Gasteiger partial charge in [-0.2, -0.15) is 0 Å². The van der Waals surface area contributed by atoms with E-state index in [4.69, 9.17) is 4.74 Å². The van der Waals surface area contributed by atoms with Crippen LogP contribution in [0.2, 0.25) is 0 Å². The quantitative estimate of drug-likeness (QED) is 0.864. The third-order valence-corrected chi connectivity index (χ3v) is 4.75. The molecular weight excluding hydrogens is 311 g/mol. The van der Waals surface area contributed by atoms with Gasteiger partial charge in [0.1, 0.15) is 0 Å². The molecular formula is C17H19FN4O2. The molecule has 7 heteroatoms. The number of likely N-dealkylation sites (tertiary alicyclic amines) is 1. The highest BCUT2D eigenvalue weighted by Crippen LogP contribution is 2.39. The van der Waals surface area contributed by atoms with E-state index in [-0.39, 0.29) is 17.7 Å². The van der Waals surface area contributed by atoms with Crippen LogP contribution in [0.5, 0.6) is 5.75 Å². The Hall–Kier alpha value is -2.44. The van der Waals surface area contributed by atoms with Gasteiger partial charge in [0.05, 0.1) is 18.8 Å². The number of benzene rings is 1. The average molecular weight is 330 g/mol. The third-order valence-electron chi connectivity index (χ3n) is 4.75. The van der Waals surface area contributed by atoms with E-state index >= 15 is 0 Å². The lowest BCUT2D eigenvalue weighted by atomic mass is 10.2. The van der Waals surface area contributed by atoms with Crippen molar-refractivity contribution in [2.45, 2.75) is 31.2 Å². The van der Waals surface area contributed by atoms with E-state index in [0.29, 0.717) is 24.6 Å². The second kappa shape index (κ2) is 5.89. The Bertz CT molecular complexity index is 772. The van der Waals surface area contributed by atoms with E-state index in [1.54, 1.807) is 11.0 Å². The van der Waals surface area contributed by atoms with Crippen LogP contribution in [0.3, 0.4) is 0 Å². The van der Waals surface area contributed by atoms with Crippen LogP contribution in [-0.2, 0) is 0 Å². The summed E-state index contributed by atoms with van der Waals surface area (Å²) in [5.74, 6) is 0.0206. The predicted octanol–water partition coefficient (Wildman–Crippen LogP) is 2.39. The van der Waals surface area contributed by atoms with Gasteiger partial charge < -0.3 is 9.64 Å². The summed E-state index contributed by atoms with van der Waals surface area (Å²) in [6, 6.07) is 4.44. The zero-order valence-corrected chi connectivity index (χ0v) is 13.5. The van der Waals surface area contributed by atoms with Gasteiger partial charge in [-0.3, -0.25) is 4.79 Å². The van der Waals surface area contributed by atoms with Gasteiger partial charge in [-0.15, -0.1) is 5.10 Å². The van der Waals surface area contributed by atoms with Crippen LogP contribution >= 0.6 is 0 Å². The molecule has 24 heavy (non-hydrogen) atoms. The van der Waals surface area contributed by atoms with Gasteiger partial charge in [0.15, 0.2) is 11.6 Å². The molecule has 1 aliphatic carbocycles. The Morgan fingerprint density at radius 1 is 1.33 bits per heavy atom. The molecule has 126 valence electrons. The number of amides is 1. The smallest absolute Gasteiger partial charge is 0.254 e. The first-order valence-electron chi connectivity index (χ1n) is 8.20. The first-order valence-corrected chi connectivity index (χ1v) is 8.20. The van der Waals surface area contributed by atoms with E-state index < -0.39 is 5.82 Å². The van der Waals surface area contributed by atoms with Gasteiger partial charge in [0, 0.05) is 30.8 Å². The van der Waals surface area contributed by atoms with Crippen LogP contribution < -0.4 is 4.74 Å². The zero-order valence-electron chi connectivity index (χ0n) is 13.5. The van der Waals surface area contributed by atoms with Gasteiger partial charge in [-0.05, 0) is 37.5 Å². The van der Waals surface area contributed by atoms with Crippen molar-refractivity contribution in [3.8, 4) is 5.75 Å². The largest absolute Gasteiger partial charge is 0.494 e. The summed E-state index contributed by atoms with van der Waals surface area (Å²) in [5, 5.41) is 8.44. The number of carbonyl (C=O) groups is 1. The highest BCUT2D eigenvalue weighted by atomic mass is 19.1. The van der Waals surface area contributed by atoms with Crippen molar-refractivity contribution < 1.29 is 13.9 Å². The van der Waals surface area contributed by atoms with E-state index in [1.165, 1.54) is 32.1 Å². The first-order chi connectivity index (χ1) is 11.7. The molecule has 0 spiro atoms. The summed E-state index contributed by atoms with van der Waals surface area (Å²) in [7, 11) is 1.40. The van der Waals surface area contributed by atoms with Gasteiger partial charge >= 0.3 is 0 Å². The Balaban J connectivity index is 1.45. The number of nitrogens with zero attached hydrogens (tertiary/aromatic N) is 4. The lowest BCUT2D eigenvalue weighted by molar-refractivity contribution is 0.0786. The van der Waals surface area contributed by atoms with E-state index in [1.807, 2.05) is 10.9 Å². The molecule has 1 aromatic heterocycles. The summed E-state index contributed by atoms with van der Waals surface area (Å²) in [4.78, 5) is 14.3. The molecule has 2 heterocycles. The van der Waals surface area contributed by atoms with Crippen molar-refractivity contribution in [3.63, 3.8) is 0 Å². The maximum Gasteiger partial charge on any atom is 0.254 e. The van der Waals surface area contributed by atoms with Crippen molar-refractivity contribution in [1.82, 2.24) is 19.9 Å². The molecule has 1 aromatic carbocycles. The van der Waals surface area contributed by atoms with Crippen molar-refractivity contribution in [3.05, 3.63) is 41.5 Å². The second-order valence-electron chi connectivity index (χ2n) is 6.44. The SMILES string of the molecule is COc1ccc(C(=O)N2CCC(n3cc(C4CC4)nn3)C2)cc1F. The summed E-state index contributed by atoms with van der Waals surface area (Å²) in [6.45, 7) is 1.20. The van der Waals surface area contributed by atoms with Crippen molar-refractivity contribution in [2.24, 2.45) is 0 Å². The van der Waals surface area contributed by atoms with Gasteiger partial charge in [0.2, 0.25) is 0 Å². The molecule has 1 atom stereocenters. The summed E-state index contributed by atoms with van der Waals surface area (Å²) in [6.07, 6.45) is 5.22. The number of hydrogen-bond donors (Lipinski definition) is 0. The molecule has 2 aliphatic rings. The van der Waals surface area contributed by atoms with E-state index in [9.17, 15) is 9.18 Å². The Morgan fingerprint density at radius 3 is 2.88 bits per heavy atom. The fraction of sp³-hybridized carbons (Fsp3) is 0.471. The van der Waals surface area contributed by atoms with Gasteiger partial charge in [-0.1, -0.05) is 5.21 Å². The third kappa shape index (κ3) is 2.74. The molecule has 4 rings (SSSR count). The van der Waals surface area contributed by atoms with Crippen LogP contribution in [-0.4, -0.2) is 46.0 Å². The van der Waals surface area contributed by atoms with Crippen LogP contribution in [0, 0.1) is 5.82 Å². The number of methoxy groups -OCH3 is 1. The second-order valence-corrected chi connectivity index (χ2v) is 6.44. The predicted molar refractivity (Wildman–Crippen MR) is 84.5 cm³/mol. The zero-order chi connectivity index (χ0) is 16.7. The van der Waals surface area contributed by atoms with Crippen LogP contribution in [0.25, 0.3) is 0 Å². The van der Waals surface area contributed by atoms with Crippen molar-refractivity contribution >= 4 is 5.91 Å². The lowest BCUT2D eigenvalue weighted by Gasteiger charge is -2.17. The molecule has 1 amide bonds. The summed E-state index contributed by atoms with van der Waals surface area (Å²) >= 11 is 0. The number of aromatic nitrogens is 3. The maximum atomic E-state index is 13.8. The first kappa shape index (κ1) is 15.1. The number of hydrogen-bond acceptors (Lipinski definition) is 4. The minimum absolute atomic E-state index is 0.136. The summed E-state index contributed by atoms with van der Waals surface area (Å²) in [5.41, 5.74) is 1.39. The molecule has 6 nitrogen and oxygen atoms in total. The Morgan fingerprint density at radius 2 is 2.17 bits per heavy atom. The standard InChI is InChI=1S/C17H19FN4O2/c1-24-16-5-4-12(8-14(16)18)17(23)21-7-6-13(9-21)22-10-15(19-20-22)11-2-3-11/h4-5,8,10-11,13H,2-3,6-7,9H2,1H3. The normalized spacial score (nSPS) is 20.4. The molecule has 1 unspecified atom stereocenters. The Kier molecular flexibility index (Phi) is 3.70. The number of halogens is 1. The highest BCUT2D eigenvalue weighted by molar-refractivity contribution is 5.94. The van der Waals surface area contributed by atoms with Crippen LogP contribution in [0.15, 0.2) is 24.4 Å². The molecule has 0 N–H and O–H groups in total. The minimum Gasteiger partial charge on any atom is -0.494 e. The number of ether oxygens (including phenoxy) is 1. The average Bonchev–Trinajstić information content (AvgIpc) is 3.12. The van der Waals surface area contributed by atoms with Gasteiger partial charge in [0.25, 0.3) is 5.91 Å². The molecule has 1 aliphatic heterocycles. The highest BCUT2D eigenvalue weighted by Gasteiger charge is 2.31. The summed E-state index contributed by atoms with van der Waals surface area (Å²) < 4.78 is 20.6. The van der Waals surface area contributed by atoms with Gasteiger partial charge in [-0.25, -0.2) is 9.07 Å². The topological polar surface area (TPSA) is 60.2 Å². The van der Waals surface area contributed by atoms with Crippen molar-refractivity contribution in [2.75, 3.05) is 20.2 Å². The fourth-order valence-corrected chi connectivity index (χ4v) is 3.16. The number of carbonyl (C=O) groups excluding carboxylic acids is 1. The lowest BCUT2D eigenvalue weighted by Crippen LogP contribution is -2.29. The fourth-order valence-electron chi connectivity index (χ4n) is 3.16. The monoisotopic (exact) mass is 330 g/mol. The van der Waals surface area contributed by atoms with Crippen molar-refractivity contribution in [1.29, 1.82) is 0 Å². The molecule has 0 bridgehead atoms. The molecule has 1 saturated heterocycles. The van der Waals surface area contributed by atoms with Crippen LogP contribution in [0.1, 0.15) is 47.3 Å². The number of rotatable bonds is 4. The maximum absolute atomic E-state index is 13.8. The van der Waals surface area contributed by atoms with E-state index in [0.717, 1.165) is 12.1 Å². The molecule has 1 saturated carbocycles. The Labute approximate surface area is 139 Å². The molecule has 0 radical (unpaired) electrons. The van der Waals surface area contributed by atoms with E-state index in [2.05, 4.69) is 10.3 Å². The van der Waals surface area contributed by atoms with Crippen LogP contribution in [0.4, 0.5) is 4.39 Å². The molecule has 2 aromatic rings. The minimum atomic E-state index is -0.524. The molecule has 2 fully saturated rings.